The molecule has 0 unspecified atom stereocenters. The standard InChI is InChI=1S/C10H9N3OS/c14-10-1-7-4-15-5-9(7)13(10)3-8-2-11-6-12-8/h2,4-6H,1,3H2,(H,11,12). The molecule has 2 aromatic heterocycles. The average Bonchev–Trinajstić information content (AvgIpc) is 2.86. The number of anilines is 1. The lowest BCUT2D eigenvalue weighted by Crippen LogP contribution is -2.26. The monoisotopic (exact) mass is 219 g/mol. The molecule has 5 heteroatoms. The lowest BCUT2D eigenvalue weighted by atomic mass is 10.3. The SMILES string of the molecule is O=C1Cc2cscc2N1Cc1c[nH]cn1. The zero-order valence-corrected chi connectivity index (χ0v) is 8.75. The minimum atomic E-state index is 0.163. The van der Waals surface area contributed by atoms with Crippen LogP contribution in [0.3, 0.4) is 0 Å². The molecule has 3 heterocycles. The van der Waals surface area contributed by atoms with Crippen LogP contribution in [0.5, 0.6) is 0 Å². The van der Waals surface area contributed by atoms with Crippen molar-refractivity contribution in [3.8, 4) is 0 Å². The predicted molar refractivity (Wildman–Crippen MR) is 57.8 cm³/mol. The van der Waals surface area contributed by atoms with Gasteiger partial charge < -0.3 is 9.88 Å². The van der Waals surface area contributed by atoms with Crippen LogP contribution in [0.25, 0.3) is 0 Å². The number of carbonyl (C=O) groups is 1. The highest BCUT2D eigenvalue weighted by molar-refractivity contribution is 7.08. The van der Waals surface area contributed by atoms with Crippen LogP contribution in [-0.2, 0) is 17.8 Å². The van der Waals surface area contributed by atoms with Crippen molar-refractivity contribution in [2.45, 2.75) is 13.0 Å². The van der Waals surface area contributed by atoms with E-state index >= 15 is 0 Å². The Labute approximate surface area is 90.6 Å². The Morgan fingerprint density at radius 2 is 2.47 bits per heavy atom. The van der Waals surface area contributed by atoms with E-state index in [0.717, 1.165) is 16.9 Å². The Balaban J connectivity index is 1.90. The molecule has 15 heavy (non-hydrogen) atoms. The summed E-state index contributed by atoms with van der Waals surface area (Å²) in [5.41, 5.74) is 3.08. The van der Waals surface area contributed by atoms with E-state index in [1.54, 1.807) is 22.6 Å². The number of hydrogen-bond acceptors (Lipinski definition) is 3. The van der Waals surface area contributed by atoms with E-state index in [9.17, 15) is 4.79 Å². The summed E-state index contributed by atoms with van der Waals surface area (Å²) >= 11 is 1.64. The van der Waals surface area contributed by atoms with Gasteiger partial charge in [-0.1, -0.05) is 0 Å². The topological polar surface area (TPSA) is 49.0 Å². The van der Waals surface area contributed by atoms with Crippen LogP contribution >= 0.6 is 11.3 Å². The highest BCUT2D eigenvalue weighted by Crippen LogP contribution is 2.32. The zero-order chi connectivity index (χ0) is 10.3. The Morgan fingerprint density at radius 1 is 1.53 bits per heavy atom. The molecule has 1 aliphatic rings. The molecule has 1 aliphatic heterocycles. The molecular formula is C10H9N3OS. The van der Waals surface area contributed by atoms with Crippen LogP contribution in [0.1, 0.15) is 11.3 Å². The van der Waals surface area contributed by atoms with Crippen molar-refractivity contribution in [1.82, 2.24) is 9.97 Å². The third-order valence-electron chi connectivity index (χ3n) is 2.53. The first-order valence-electron chi connectivity index (χ1n) is 4.67. The molecule has 0 fully saturated rings. The first-order chi connectivity index (χ1) is 7.34. The maximum absolute atomic E-state index is 11.7. The van der Waals surface area contributed by atoms with Crippen LogP contribution in [0.2, 0.25) is 0 Å². The fourth-order valence-corrected chi connectivity index (χ4v) is 2.64. The number of H-pyrrole nitrogens is 1. The van der Waals surface area contributed by atoms with E-state index in [1.165, 1.54) is 0 Å². The lowest BCUT2D eigenvalue weighted by molar-refractivity contribution is -0.117. The smallest absolute Gasteiger partial charge is 0.231 e. The van der Waals surface area contributed by atoms with Gasteiger partial charge in [-0.3, -0.25) is 4.79 Å². The van der Waals surface area contributed by atoms with E-state index in [1.807, 2.05) is 17.0 Å². The van der Waals surface area contributed by atoms with Gasteiger partial charge in [-0.05, 0) is 10.9 Å². The maximum Gasteiger partial charge on any atom is 0.231 e. The second-order valence-electron chi connectivity index (χ2n) is 3.50. The van der Waals surface area contributed by atoms with Gasteiger partial charge in [0.25, 0.3) is 0 Å². The largest absolute Gasteiger partial charge is 0.351 e. The summed E-state index contributed by atoms with van der Waals surface area (Å²) in [6.07, 6.45) is 3.98. The van der Waals surface area contributed by atoms with E-state index in [-0.39, 0.29) is 5.91 Å². The summed E-state index contributed by atoms with van der Waals surface area (Å²) in [5, 5.41) is 4.06. The summed E-state index contributed by atoms with van der Waals surface area (Å²) < 4.78 is 0. The van der Waals surface area contributed by atoms with Gasteiger partial charge in [0.05, 0.1) is 30.7 Å². The molecule has 4 nitrogen and oxygen atoms in total. The summed E-state index contributed by atoms with van der Waals surface area (Å²) in [6, 6.07) is 0. The van der Waals surface area contributed by atoms with Crippen molar-refractivity contribution in [2.24, 2.45) is 0 Å². The van der Waals surface area contributed by atoms with Crippen LogP contribution in [0.15, 0.2) is 23.3 Å². The molecule has 76 valence electrons. The first kappa shape index (κ1) is 8.67. The summed E-state index contributed by atoms with van der Waals surface area (Å²) in [6.45, 7) is 0.562. The number of aromatic nitrogens is 2. The number of fused-ring (bicyclic) bond motifs is 1. The van der Waals surface area contributed by atoms with E-state index in [0.29, 0.717) is 13.0 Å². The lowest BCUT2D eigenvalue weighted by Gasteiger charge is -2.14. The highest BCUT2D eigenvalue weighted by Gasteiger charge is 2.28. The van der Waals surface area contributed by atoms with Crippen LogP contribution in [0.4, 0.5) is 5.69 Å². The molecule has 0 bridgehead atoms. The van der Waals surface area contributed by atoms with Gasteiger partial charge >= 0.3 is 0 Å². The van der Waals surface area contributed by atoms with Gasteiger partial charge in [-0.15, -0.1) is 11.3 Å². The molecule has 2 aromatic rings. The minimum Gasteiger partial charge on any atom is -0.351 e. The van der Waals surface area contributed by atoms with Crippen LogP contribution < -0.4 is 4.90 Å². The number of carbonyl (C=O) groups excluding carboxylic acids is 1. The van der Waals surface area contributed by atoms with Crippen LogP contribution in [-0.4, -0.2) is 15.9 Å². The van der Waals surface area contributed by atoms with Crippen molar-refractivity contribution >= 4 is 22.9 Å². The zero-order valence-electron chi connectivity index (χ0n) is 7.93. The molecule has 0 radical (unpaired) electrons. The fourth-order valence-electron chi connectivity index (χ4n) is 1.79. The quantitative estimate of drug-likeness (QED) is 0.833. The second kappa shape index (κ2) is 3.20. The average molecular weight is 219 g/mol. The molecule has 0 saturated heterocycles. The molecule has 0 saturated carbocycles. The Bertz CT molecular complexity index is 489. The number of hydrogen-bond donors (Lipinski definition) is 1. The number of amides is 1. The third-order valence-corrected chi connectivity index (χ3v) is 3.31. The van der Waals surface area contributed by atoms with E-state index < -0.39 is 0 Å². The molecule has 0 spiro atoms. The Hall–Kier alpha value is -1.62. The number of aromatic amines is 1. The molecule has 0 aliphatic carbocycles. The third kappa shape index (κ3) is 1.35. The van der Waals surface area contributed by atoms with Gasteiger partial charge in [0.1, 0.15) is 0 Å². The number of nitrogens with one attached hydrogen (secondary N) is 1. The summed E-state index contributed by atoms with van der Waals surface area (Å²) in [7, 11) is 0. The second-order valence-corrected chi connectivity index (χ2v) is 4.24. The Morgan fingerprint density at radius 3 is 3.27 bits per heavy atom. The van der Waals surface area contributed by atoms with E-state index in [2.05, 4.69) is 9.97 Å². The van der Waals surface area contributed by atoms with Gasteiger partial charge in [0, 0.05) is 11.6 Å². The molecular weight excluding hydrogens is 210 g/mol. The maximum atomic E-state index is 11.7. The number of nitrogens with zero attached hydrogens (tertiary/aromatic N) is 2. The molecule has 0 atom stereocenters. The summed E-state index contributed by atoms with van der Waals surface area (Å²) in [5.74, 6) is 0.163. The number of thiophene rings is 1. The van der Waals surface area contributed by atoms with Crippen molar-refractivity contribution in [1.29, 1.82) is 0 Å². The van der Waals surface area contributed by atoms with Gasteiger partial charge in [-0.25, -0.2) is 4.98 Å². The van der Waals surface area contributed by atoms with Crippen molar-refractivity contribution in [3.63, 3.8) is 0 Å². The van der Waals surface area contributed by atoms with Gasteiger partial charge in [0.2, 0.25) is 5.91 Å². The predicted octanol–water partition coefficient (Wildman–Crippen LogP) is 1.56. The summed E-state index contributed by atoms with van der Waals surface area (Å²) in [4.78, 5) is 20.5. The van der Waals surface area contributed by atoms with Crippen molar-refractivity contribution < 1.29 is 4.79 Å². The molecule has 1 amide bonds. The van der Waals surface area contributed by atoms with Crippen LogP contribution in [0, 0.1) is 0 Å². The van der Waals surface area contributed by atoms with Gasteiger partial charge in [-0.2, -0.15) is 0 Å². The van der Waals surface area contributed by atoms with Crippen molar-refractivity contribution in [3.05, 3.63) is 34.5 Å². The fraction of sp³-hybridized carbons (Fsp3) is 0.200. The first-order valence-corrected chi connectivity index (χ1v) is 5.62. The minimum absolute atomic E-state index is 0.163. The Kier molecular flexibility index (Phi) is 1.85. The highest BCUT2D eigenvalue weighted by atomic mass is 32.1. The number of imidazole rings is 1. The van der Waals surface area contributed by atoms with E-state index in [4.69, 9.17) is 0 Å². The number of rotatable bonds is 2. The molecule has 3 rings (SSSR count). The van der Waals surface area contributed by atoms with Gasteiger partial charge in [0.15, 0.2) is 0 Å². The normalized spacial score (nSPS) is 14.7. The van der Waals surface area contributed by atoms with Crippen molar-refractivity contribution in [2.75, 3.05) is 4.90 Å². The molecule has 0 aromatic carbocycles. The molecule has 1 N–H and O–H groups in total.